The molecule has 6 heteroatoms. The molecule has 0 N–H and O–H groups in total. The van der Waals surface area contributed by atoms with E-state index in [2.05, 4.69) is 6.07 Å². The smallest absolute Gasteiger partial charge is 0.227 e. The number of rotatable bonds is 4. The Morgan fingerprint density at radius 2 is 1.84 bits per heavy atom. The molecule has 0 saturated carbocycles. The number of amides is 1. The second kappa shape index (κ2) is 8.10. The molecule has 2 aliphatic heterocycles. The van der Waals surface area contributed by atoms with Crippen molar-refractivity contribution in [2.24, 2.45) is 0 Å². The van der Waals surface area contributed by atoms with Crippen LogP contribution >= 0.6 is 0 Å². The fraction of sp³-hybridized carbons (Fsp3) is 0.360. The van der Waals surface area contributed by atoms with E-state index in [0.29, 0.717) is 19.6 Å². The Kier molecular flexibility index (Phi) is 5.14. The molecule has 0 bridgehead atoms. The van der Waals surface area contributed by atoms with E-state index in [9.17, 15) is 4.79 Å². The van der Waals surface area contributed by atoms with Gasteiger partial charge >= 0.3 is 0 Å². The van der Waals surface area contributed by atoms with Gasteiger partial charge in [-0.25, -0.2) is 4.68 Å². The van der Waals surface area contributed by atoms with Crippen molar-refractivity contribution in [3.05, 3.63) is 71.0 Å². The van der Waals surface area contributed by atoms with Crippen LogP contribution in [0, 0.1) is 13.8 Å². The number of aryl methyl sites for hydroxylation is 1. The Balaban J connectivity index is 1.38. The fourth-order valence-electron chi connectivity index (χ4n) is 4.68. The molecule has 1 atom stereocenters. The summed E-state index contributed by atoms with van der Waals surface area (Å²) in [7, 11) is 0. The maximum atomic E-state index is 13.4. The molecule has 3 aromatic rings. The molecule has 160 valence electrons. The Bertz CT molecular complexity index is 1110. The topological polar surface area (TPSA) is 56.6 Å². The molecule has 1 fully saturated rings. The maximum Gasteiger partial charge on any atom is 0.227 e. The van der Waals surface area contributed by atoms with Gasteiger partial charge in [-0.3, -0.25) is 4.79 Å². The van der Waals surface area contributed by atoms with Crippen LogP contribution in [0.15, 0.2) is 48.5 Å². The van der Waals surface area contributed by atoms with Crippen LogP contribution in [0.5, 0.6) is 11.5 Å². The van der Waals surface area contributed by atoms with E-state index in [4.69, 9.17) is 14.6 Å². The van der Waals surface area contributed by atoms with E-state index in [1.54, 1.807) is 0 Å². The SMILES string of the molecule is Cc1nn(-c2ccccc2)c(C)c1CC(=O)N1CCCC1c1ccc2c(c1)OCCO2. The second-order valence-electron chi connectivity index (χ2n) is 8.22. The van der Waals surface area contributed by atoms with Gasteiger partial charge in [-0.1, -0.05) is 24.3 Å². The third-order valence-corrected chi connectivity index (χ3v) is 6.29. The lowest BCUT2D eigenvalue weighted by Crippen LogP contribution is -2.32. The molecule has 0 spiro atoms. The van der Waals surface area contributed by atoms with E-state index in [0.717, 1.165) is 59.1 Å². The molecule has 2 aliphatic rings. The number of carbonyl (C=O) groups excluding carboxylic acids is 1. The van der Waals surface area contributed by atoms with Gasteiger partial charge in [-0.05, 0) is 56.5 Å². The lowest BCUT2D eigenvalue weighted by atomic mass is 10.0. The minimum Gasteiger partial charge on any atom is -0.486 e. The van der Waals surface area contributed by atoms with Gasteiger partial charge in [0.05, 0.1) is 23.8 Å². The normalized spacial score (nSPS) is 17.7. The average molecular weight is 418 g/mol. The standard InChI is InChI=1S/C25H27N3O3/c1-17-21(18(2)28(26-17)20-7-4-3-5-8-20)16-25(29)27-12-6-9-22(27)19-10-11-23-24(15-19)31-14-13-30-23/h3-5,7-8,10-11,15,22H,6,9,12-14,16H2,1-2H3. The summed E-state index contributed by atoms with van der Waals surface area (Å²) >= 11 is 0. The highest BCUT2D eigenvalue weighted by molar-refractivity contribution is 5.80. The zero-order valence-electron chi connectivity index (χ0n) is 18.0. The zero-order chi connectivity index (χ0) is 21.4. The van der Waals surface area contributed by atoms with Gasteiger partial charge in [0.2, 0.25) is 5.91 Å². The summed E-state index contributed by atoms with van der Waals surface area (Å²) in [5.41, 5.74) is 5.07. The van der Waals surface area contributed by atoms with Gasteiger partial charge in [0.25, 0.3) is 0 Å². The number of benzene rings is 2. The fourth-order valence-corrected chi connectivity index (χ4v) is 4.68. The minimum atomic E-state index is 0.0770. The summed E-state index contributed by atoms with van der Waals surface area (Å²) in [6, 6.07) is 16.2. The highest BCUT2D eigenvalue weighted by Crippen LogP contribution is 2.38. The molecule has 3 heterocycles. The van der Waals surface area contributed by atoms with Crippen LogP contribution in [0.1, 0.15) is 41.4 Å². The monoisotopic (exact) mass is 417 g/mol. The lowest BCUT2D eigenvalue weighted by molar-refractivity contribution is -0.131. The van der Waals surface area contributed by atoms with Crippen LogP contribution in [0.4, 0.5) is 0 Å². The van der Waals surface area contributed by atoms with Gasteiger partial charge in [0.1, 0.15) is 13.2 Å². The highest BCUT2D eigenvalue weighted by atomic mass is 16.6. The molecule has 0 aliphatic carbocycles. The van der Waals surface area contributed by atoms with Crippen molar-refractivity contribution in [3.8, 4) is 17.2 Å². The van der Waals surface area contributed by atoms with E-state index in [1.807, 2.05) is 65.9 Å². The first-order chi connectivity index (χ1) is 15.1. The van der Waals surface area contributed by atoms with Crippen molar-refractivity contribution >= 4 is 5.91 Å². The van der Waals surface area contributed by atoms with Crippen LogP contribution in [0.25, 0.3) is 5.69 Å². The number of para-hydroxylation sites is 1. The minimum absolute atomic E-state index is 0.0770. The summed E-state index contributed by atoms with van der Waals surface area (Å²) in [6.07, 6.45) is 2.34. The Hall–Kier alpha value is -3.28. The van der Waals surface area contributed by atoms with E-state index in [1.165, 1.54) is 0 Å². The van der Waals surface area contributed by atoms with Gasteiger partial charge in [-0.15, -0.1) is 0 Å². The van der Waals surface area contributed by atoms with Crippen molar-refractivity contribution in [3.63, 3.8) is 0 Å². The average Bonchev–Trinajstić information content (AvgIpc) is 3.40. The molecular formula is C25H27N3O3. The van der Waals surface area contributed by atoms with Crippen LogP contribution in [0.3, 0.4) is 0 Å². The number of aromatic nitrogens is 2. The molecule has 1 saturated heterocycles. The first-order valence-corrected chi connectivity index (χ1v) is 10.9. The van der Waals surface area contributed by atoms with E-state index < -0.39 is 0 Å². The number of hydrogen-bond acceptors (Lipinski definition) is 4. The quantitative estimate of drug-likeness (QED) is 0.639. The molecule has 1 amide bonds. The third kappa shape index (κ3) is 3.67. The Morgan fingerprint density at radius 3 is 2.65 bits per heavy atom. The zero-order valence-corrected chi connectivity index (χ0v) is 18.0. The predicted molar refractivity (Wildman–Crippen MR) is 118 cm³/mol. The lowest BCUT2D eigenvalue weighted by Gasteiger charge is -2.27. The number of carbonyl (C=O) groups is 1. The summed E-state index contributed by atoms with van der Waals surface area (Å²) in [5.74, 6) is 1.71. The molecule has 2 aromatic carbocycles. The van der Waals surface area contributed by atoms with Crippen LogP contribution in [-0.4, -0.2) is 40.3 Å². The summed E-state index contributed by atoms with van der Waals surface area (Å²) in [5, 5.41) is 4.70. The number of ether oxygens (including phenoxy) is 2. The summed E-state index contributed by atoms with van der Waals surface area (Å²) < 4.78 is 13.3. The summed E-state index contributed by atoms with van der Waals surface area (Å²) in [6.45, 7) is 5.95. The van der Waals surface area contributed by atoms with Crippen molar-refractivity contribution in [2.75, 3.05) is 19.8 Å². The predicted octanol–water partition coefficient (Wildman–Crippen LogP) is 4.17. The Morgan fingerprint density at radius 1 is 1.06 bits per heavy atom. The molecular weight excluding hydrogens is 390 g/mol. The molecule has 6 nitrogen and oxygen atoms in total. The van der Waals surface area contributed by atoms with Gasteiger partial charge < -0.3 is 14.4 Å². The molecule has 5 rings (SSSR count). The third-order valence-electron chi connectivity index (χ3n) is 6.29. The number of nitrogens with zero attached hydrogens (tertiary/aromatic N) is 3. The van der Waals surface area contributed by atoms with Gasteiger partial charge in [-0.2, -0.15) is 5.10 Å². The number of hydrogen-bond donors (Lipinski definition) is 0. The first-order valence-electron chi connectivity index (χ1n) is 10.9. The Labute approximate surface area is 182 Å². The second-order valence-corrected chi connectivity index (χ2v) is 8.22. The maximum absolute atomic E-state index is 13.4. The van der Waals surface area contributed by atoms with Crippen molar-refractivity contribution in [2.45, 2.75) is 39.2 Å². The molecule has 1 aromatic heterocycles. The van der Waals surface area contributed by atoms with Crippen LogP contribution in [0.2, 0.25) is 0 Å². The largest absolute Gasteiger partial charge is 0.486 e. The number of fused-ring (bicyclic) bond motifs is 1. The highest BCUT2D eigenvalue weighted by Gasteiger charge is 2.31. The molecule has 1 unspecified atom stereocenters. The van der Waals surface area contributed by atoms with Crippen molar-refractivity contribution in [1.82, 2.24) is 14.7 Å². The van der Waals surface area contributed by atoms with Crippen LogP contribution < -0.4 is 9.47 Å². The van der Waals surface area contributed by atoms with E-state index >= 15 is 0 Å². The van der Waals surface area contributed by atoms with E-state index in [-0.39, 0.29) is 11.9 Å². The van der Waals surface area contributed by atoms with Crippen LogP contribution in [-0.2, 0) is 11.2 Å². The molecule has 31 heavy (non-hydrogen) atoms. The first kappa shape index (κ1) is 19.7. The van der Waals surface area contributed by atoms with Gasteiger partial charge in [0.15, 0.2) is 11.5 Å². The van der Waals surface area contributed by atoms with Crippen molar-refractivity contribution < 1.29 is 14.3 Å². The van der Waals surface area contributed by atoms with Gasteiger partial charge in [0, 0.05) is 17.8 Å². The molecule has 0 radical (unpaired) electrons. The number of likely N-dealkylation sites (tertiary alicyclic amines) is 1. The van der Waals surface area contributed by atoms with Crippen molar-refractivity contribution in [1.29, 1.82) is 0 Å². The summed E-state index contributed by atoms with van der Waals surface area (Å²) in [4.78, 5) is 15.4.